The summed E-state index contributed by atoms with van der Waals surface area (Å²) >= 11 is 6.04. The highest BCUT2D eigenvalue weighted by molar-refractivity contribution is 6.30. The van der Waals surface area contributed by atoms with Gasteiger partial charge in [-0.25, -0.2) is 0 Å². The molecule has 0 atom stereocenters. The number of halogens is 1. The Morgan fingerprint density at radius 3 is 2.41 bits per heavy atom. The van der Waals surface area contributed by atoms with Gasteiger partial charge < -0.3 is 5.32 Å². The van der Waals surface area contributed by atoms with E-state index in [1.165, 1.54) is 22.3 Å². The van der Waals surface area contributed by atoms with Gasteiger partial charge in [-0.15, -0.1) is 0 Å². The van der Waals surface area contributed by atoms with Crippen molar-refractivity contribution in [3.05, 3.63) is 58.6 Å². The summed E-state index contributed by atoms with van der Waals surface area (Å²) in [7, 11) is 1.94. The number of hydrogen-bond donors (Lipinski definition) is 1. The highest BCUT2D eigenvalue weighted by Gasteiger charge is 2.05. The second-order valence-corrected chi connectivity index (χ2v) is 4.63. The van der Waals surface area contributed by atoms with Crippen LogP contribution in [0.5, 0.6) is 0 Å². The topological polar surface area (TPSA) is 12.0 Å². The molecule has 0 aromatic heterocycles. The SMILES string of the molecule is CNCc1cc(Cl)ccc1-c1ccc(C)cc1. The van der Waals surface area contributed by atoms with Crippen LogP contribution in [0.3, 0.4) is 0 Å². The van der Waals surface area contributed by atoms with Gasteiger partial charge in [0, 0.05) is 11.6 Å². The predicted octanol–water partition coefficient (Wildman–Crippen LogP) is 4.03. The van der Waals surface area contributed by atoms with Crippen LogP contribution in [0.15, 0.2) is 42.5 Å². The highest BCUT2D eigenvalue weighted by atomic mass is 35.5. The minimum atomic E-state index is 0.783. The van der Waals surface area contributed by atoms with E-state index in [0.717, 1.165) is 11.6 Å². The van der Waals surface area contributed by atoms with Crippen molar-refractivity contribution >= 4 is 11.6 Å². The molecular formula is C15H16ClN. The standard InChI is InChI=1S/C15H16ClN/c1-11-3-5-12(6-4-11)15-8-7-14(16)9-13(15)10-17-2/h3-9,17H,10H2,1-2H3. The molecule has 0 unspecified atom stereocenters. The van der Waals surface area contributed by atoms with E-state index < -0.39 is 0 Å². The molecule has 0 spiro atoms. The lowest BCUT2D eigenvalue weighted by atomic mass is 9.99. The van der Waals surface area contributed by atoms with E-state index in [4.69, 9.17) is 11.6 Å². The smallest absolute Gasteiger partial charge is 0.0409 e. The minimum Gasteiger partial charge on any atom is -0.316 e. The van der Waals surface area contributed by atoms with Crippen LogP contribution in [-0.4, -0.2) is 7.05 Å². The maximum Gasteiger partial charge on any atom is 0.0409 e. The number of aryl methyl sites for hydroxylation is 1. The summed E-state index contributed by atoms with van der Waals surface area (Å²) in [6.45, 7) is 2.92. The van der Waals surface area contributed by atoms with Crippen molar-refractivity contribution < 1.29 is 0 Å². The summed E-state index contributed by atoms with van der Waals surface area (Å²) in [6.07, 6.45) is 0. The molecule has 2 aromatic rings. The number of nitrogens with one attached hydrogen (secondary N) is 1. The fourth-order valence-corrected chi connectivity index (χ4v) is 2.11. The molecule has 0 saturated heterocycles. The van der Waals surface area contributed by atoms with E-state index in [1.807, 2.05) is 19.2 Å². The molecule has 1 nitrogen and oxygen atoms in total. The van der Waals surface area contributed by atoms with Gasteiger partial charge in [-0.05, 0) is 42.8 Å². The zero-order valence-electron chi connectivity index (χ0n) is 10.1. The molecule has 0 saturated carbocycles. The summed E-state index contributed by atoms with van der Waals surface area (Å²) in [5.41, 5.74) is 4.97. The largest absolute Gasteiger partial charge is 0.316 e. The van der Waals surface area contributed by atoms with Gasteiger partial charge in [0.05, 0.1) is 0 Å². The maximum atomic E-state index is 6.04. The van der Waals surface area contributed by atoms with Gasteiger partial charge in [0.2, 0.25) is 0 Å². The van der Waals surface area contributed by atoms with E-state index in [-0.39, 0.29) is 0 Å². The Bertz CT molecular complexity index is 503. The van der Waals surface area contributed by atoms with Gasteiger partial charge >= 0.3 is 0 Å². The first-order valence-corrected chi connectivity index (χ1v) is 6.08. The molecule has 1 N–H and O–H groups in total. The van der Waals surface area contributed by atoms with Crippen LogP contribution in [0.25, 0.3) is 11.1 Å². The molecule has 0 amide bonds. The average molecular weight is 246 g/mol. The third kappa shape index (κ3) is 2.87. The van der Waals surface area contributed by atoms with Crippen molar-refractivity contribution in [2.45, 2.75) is 13.5 Å². The molecule has 0 aliphatic carbocycles. The molecule has 2 aromatic carbocycles. The lowest BCUT2D eigenvalue weighted by molar-refractivity contribution is 0.819. The number of rotatable bonds is 3. The van der Waals surface area contributed by atoms with Gasteiger partial charge in [0.15, 0.2) is 0 Å². The number of hydrogen-bond acceptors (Lipinski definition) is 1. The van der Waals surface area contributed by atoms with Gasteiger partial charge in [0.25, 0.3) is 0 Å². The molecule has 0 bridgehead atoms. The van der Waals surface area contributed by atoms with Crippen molar-refractivity contribution in [1.29, 1.82) is 0 Å². The first kappa shape index (κ1) is 12.2. The van der Waals surface area contributed by atoms with Gasteiger partial charge in [-0.2, -0.15) is 0 Å². The van der Waals surface area contributed by atoms with Gasteiger partial charge in [-0.3, -0.25) is 0 Å². The van der Waals surface area contributed by atoms with E-state index in [9.17, 15) is 0 Å². The molecule has 17 heavy (non-hydrogen) atoms. The van der Waals surface area contributed by atoms with Crippen LogP contribution >= 0.6 is 11.6 Å². The molecule has 0 aliphatic heterocycles. The Morgan fingerprint density at radius 1 is 1.06 bits per heavy atom. The second kappa shape index (κ2) is 5.35. The van der Waals surface area contributed by atoms with Crippen LogP contribution in [0.1, 0.15) is 11.1 Å². The third-order valence-corrected chi connectivity index (χ3v) is 3.03. The van der Waals surface area contributed by atoms with Crippen LogP contribution in [0, 0.1) is 6.92 Å². The molecule has 0 radical (unpaired) electrons. The van der Waals surface area contributed by atoms with Crippen molar-refractivity contribution in [2.24, 2.45) is 0 Å². The van der Waals surface area contributed by atoms with Crippen molar-refractivity contribution in [1.82, 2.24) is 5.32 Å². The Labute approximate surface area is 107 Å². The first-order chi connectivity index (χ1) is 8.20. The van der Waals surface area contributed by atoms with Crippen LogP contribution in [0.4, 0.5) is 0 Å². The molecule has 2 heteroatoms. The zero-order valence-corrected chi connectivity index (χ0v) is 10.9. The van der Waals surface area contributed by atoms with Crippen LogP contribution in [0.2, 0.25) is 5.02 Å². The van der Waals surface area contributed by atoms with Crippen molar-refractivity contribution in [3.63, 3.8) is 0 Å². The summed E-state index contributed by atoms with van der Waals surface area (Å²) in [4.78, 5) is 0. The lowest BCUT2D eigenvalue weighted by Crippen LogP contribution is -2.06. The predicted molar refractivity (Wildman–Crippen MR) is 74.4 cm³/mol. The zero-order chi connectivity index (χ0) is 12.3. The average Bonchev–Trinajstić information content (AvgIpc) is 2.31. The van der Waals surface area contributed by atoms with Crippen LogP contribution < -0.4 is 5.32 Å². The second-order valence-electron chi connectivity index (χ2n) is 4.20. The van der Waals surface area contributed by atoms with Crippen molar-refractivity contribution in [3.8, 4) is 11.1 Å². The third-order valence-electron chi connectivity index (χ3n) is 2.80. The molecule has 0 fully saturated rings. The molecule has 2 rings (SSSR count). The Hall–Kier alpha value is -1.31. The normalized spacial score (nSPS) is 10.5. The maximum absolute atomic E-state index is 6.04. The summed E-state index contributed by atoms with van der Waals surface area (Å²) in [5, 5.41) is 3.96. The fraction of sp³-hybridized carbons (Fsp3) is 0.200. The van der Waals surface area contributed by atoms with Crippen LogP contribution in [-0.2, 0) is 6.54 Å². The summed E-state index contributed by atoms with van der Waals surface area (Å²) < 4.78 is 0. The first-order valence-electron chi connectivity index (χ1n) is 5.71. The van der Waals surface area contributed by atoms with E-state index >= 15 is 0 Å². The molecule has 0 heterocycles. The molecular weight excluding hydrogens is 230 g/mol. The summed E-state index contributed by atoms with van der Waals surface area (Å²) in [6, 6.07) is 14.6. The monoisotopic (exact) mass is 245 g/mol. The lowest BCUT2D eigenvalue weighted by Gasteiger charge is -2.10. The Morgan fingerprint density at radius 2 is 1.76 bits per heavy atom. The molecule has 88 valence electrons. The quantitative estimate of drug-likeness (QED) is 0.861. The van der Waals surface area contributed by atoms with Gasteiger partial charge in [-0.1, -0.05) is 47.5 Å². The summed E-state index contributed by atoms with van der Waals surface area (Å²) in [5.74, 6) is 0. The highest BCUT2D eigenvalue weighted by Crippen LogP contribution is 2.26. The van der Waals surface area contributed by atoms with E-state index in [2.05, 4.69) is 42.6 Å². The molecule has 0 aliphatic rings. The Balaban J connectivity index is 2.46. The Kier molecular flexibility index (Phi) is 3.82. The van der Waals surface area contributed by atoms with E-state index in [1.54, 1.807) is 0 Å². The van der Waals surface area contributed by atoms with E-state index in [0.29, 0.717) is 0 Å². The fourth-order valence-electron chi connectivity index (χ4n) is 1.91. The van der Waals surface area contributed by atoms with Gasteiger partial charge in [0.1, 0.15) is 0 Å². The number of benzene rings is 2. The minimum absolute atomic E-state index is 0.783. The van der Waals surface area contributed by atoms with Crippen molar-refractivity contribution in [2.75, 3.05) is 7.05 Å².